The lowest BCUT2D eigenvalue weighted by molar-refractivity contribution is -0.269. The highest BCUT2D eigenvalue weighted by atomic mass is 35.5. The Kier molecular flexibility index (Phi) is 7.10. The van der Waals surface area contributed by atoms with Gasteiger partial charge in [-0.3, -0.25) is 19.9 Å². The molecule has 1 unspecified atom stereocenters. The monoisotopic (exact) mass is 580 g/mol. The largest absolute Gasteiger partial charge is 0.451 e. The Balaban J connectivity index is 1.78. The van der Waals surface area contributed by atoms with E-state index in [0.29, 0.717) is 6.08 Å². The number of benzene rings is 3. The summed E-state index contributed by atoms with van der Waals surface area (Å²) in [6, 6.07) is 9.79. The van der Waals surface area contributed by atoms with Gasteiger partial charge in [-0.05, 0) is 35.0 Å². The quantitative estimate of drug-likeness (QED) is 0.268. The Hall–Kier alpha value is -3.35. The van der Waals surface area contributed by atoms with Crippen LogP contribution in [0.2, 0.25) is 10.0 Å². The van der Waals surface area contributed by atoms with E-state index in [-0.39, 0.29) is 27.6 Å². The second-order valence-corrected chi connectivity index (χ2v) is 8.87. The Morgan fingerprint density at radius 3 is 2.13 bits per heavy atom. The number of carbonyl (C=O) groups excluding carboxylic acids is 2. The minimum Gasteiger partial charge on any atom is -0.345 e. The average molecular weight is 581 g/mol. The number of Topliss-reactive ketones (excluding diaryl/α,β-unsaturated/α-hetero) is 1. The van der Waals surface area contributed by atoms with Gasteiger partial charge in [0.15, 0.2) is 5.82 Å². The molecule has 1 atom stereocenters. The van der Waals surface area contributed by atoms with E-state index in [2.05, 4.69) is 5.48 Å². The minimum atomic E-state index is -5.14. The van der Waals surface area contributed by atoms with Crippen LogP contribution in [0.15, 0.2) is 54.6 Å². The first-order chi connectivity index (χ1) is 17.7. The van der Waals surface area contributed by atoms with Crippen LogP contribution in [0.25, 0.3) is 16.5 Å². The molecule has 0 aromatic heterocycles. The lowest BCUT2D eigenvalue weighted by Gasteiger charge is -2.28. The van der Waals surface area contributed by atoms with Gasteiger partial charge in [0.05, 0.1) is 22.3 Å². The van der Waals surface area contributed by atoms with Crippen LogP contribution in [0.1, 0.15) is 21.5 Å². The van der Waals surface area contributed by atoms with E-state index < -0.39 is 57.6 Å². The third-order valence-electron chi connectivity index (χ3n) is 5.69. The van der Waals surface area contributed by atoms with E-state index in [4.69, 9.17) is 28.0 Å². The summed E-state index contributed by atoms with van der Waals surface area (Å²) in [4.78, 5) is 28.7. The fourth-order valence-electron chi connectivity index (χ4n) is 3.83. The van der Waals surface area contributed by atoms with E-state index in [1.54, 1.807) is 0 Å². The summed E-state index contributed by atoms with van der Waals surface area (Å²) in [5, 5.41) is 0.969. The summed E-state index contributed by atoms with van der Waals surface area (Å²) < 4.78 is 94.3. The Bertz CT molecular complexity index is 1470. The summed E-state index contributed by atoms with van der Waals surface area (Å²) in [7, 11) is 0. The van der Waals surface area contributed by atoms with Gasteiger partial charge in [0.1, 0.15) is 0 Å². The average Bonchev–Trinajstić information content (AvgIpc) is 3.31. The van der Waals surface area contributed by atoms with Gasteiger partial charge in [0.2, 0.25) is 5.60 Å². The van der Waals surface area contributed by atoms with Gasteiger partial charge in [0, 0.05) is 16.7 Å². The van der Waals surface area contributed by atoms with Crippen LogP contribution in [0, 0.1) is 5.82 Å². The topological polar surface area (TPSA) is 67.4 Å². The minimum absolute atomic E-state index is 0.127. The summed E-state index contributed by atoms with van der Waals surface area (Å²) in [5.41, 5.74) is -1.71. The van der Waals surface area contributed by atoms with Crippen molar-refractivity contribution in [2.45, 2.75) is 18.0 Å². The van der Waals surface area contributed by atoms with Gasteiger partial charge >= 0.3 is 12.4 Å². The number of hydrogen-bond acceptors (Lipinski definition) is 4. The van der Waals surface area contributed by atoms with Gasteiger partial charge < -0.3 is 5.32 Å². The molecule has 5 nitrogen and oxygen atoms in total. The molecule has 38 heavy (non-hydrogen) atoms. The molecule has 0 fully saturated rings. The number of nitrogens with one attached hydrogen (secondary N) is 2. The molecule has 0 radical (unpaired) electrons. The van der Waals surface area contributed by atoms with E-state index >= 15 is 0 Å². The van der Waals surface area contributed by atoms with Crippen molar-refractivity contribution >= 4 is 51.4 Å². The van der Waals surface area contributed by atoms with Crippen molar-refractivity contribution in [3.05, 3.63) is 87.2 Å². The number of rotatable bonds is 5. The molecule has 200 valence electrons. The van der Waals surface area contributed by atoms with Gasteiger partial charge in [0.25, 0.3) is 11.7 Å². The van der Waals surface area contributed by atoms with Crippen molar-refractivity contribution in [3.63, 3.8) is 0 Å². The number of halogens is 9. The Morgan fingerprint density at radius 2 is 1.55 bits per heavy atom. The van der Waals surface area contributed by atoms with Crippen molar-refractivity contribution in [1.29, 1.82) is 0 Å². The third kappa shape index (κ3) is 4.91. The van der Waals surface area contributed by atoms with Crippen molar-refractivity contribution in [3.8, 4) is 0 Å². The zero-order valence-corrected chi connectivity index (χ0v) is 20.0. The maximum absolute atomic E-state index is 14.3. The zero-order chi connectivity index (χ0) is 28.0. The molecule has 0 aliphatic carbocycles. The van der Waals surface area contributed by atoms with Crippen molar-refractivity contribution in [2.75, 3.05) is 6.54 Å². The number of fused-ring (bicyclic) bond motifs is 1. The molecule has 0 spiro atoms. The zero-order valence-electron chi connectivity index (χ0n) is 18.5. The van der Waals surface area contributed by atoms with Crippen molar-refractivity contribution in [1.82, 2.24) is 10.8 Å². The van der Waals surface area contributed by atoms with Gasteiger partial charge in [-0.2, -0.15) is 26.3 Å². The molecule has 3 aromatic rings. The van der Waals surface area contributed by atoms with Crippen LogP contribution >= 0.6 is 23.2 Å². The predicted molar refractivity (Wildman–Crippen MR) is 124 cm³/mol. The molecule has 4 rings (SSSR count). The second-order valence-electron chi connectivity index (χ2n) is 8.06. The fraction of sp³-hybridized carbons (Fsp3) is 0.167. The molecule has 14 heteroatoms. The number of hydroxylamine groups is 1. The summed E-state index contributed by atoms with van der Waals surface area (Å²) in [6.07, 6.45) is -9.52. The summed E-state index contributed by atoms with van der Waals surface area (Å²) in [5.74, 6) is -4.27. The standard InChI is InChI=1S/C24H13Cl2F7N2O3/c25-16-7-11(8-17(26)20(16)27)22(24(31,32)33)9-18(35-38-22)14-5-6-15(13-4-2-1-3-12(13)14)21(37)34-10-19(36)23(28,29)30/h1-9,35H,10H2,(H,34,37). The van der Waals surface area contributed by atoms with Gasteiger partial charge in [-0.25, -0.2) is 4.39 Å². The highest BCUT2D eigenvalue weighted by molar-refractivity contribution is 6.35. The first-order valence-corrected chi connectivity index (χ1v) is 11.2. The lowest BCUT2D eigenvalue weighted by atomic mass is 9.90. The molecule has 0 saturated carbocycles. The van der Waals surface area contributed by atoms with Crippen LogP contribution in [0.4, 0.5) is 30.7 Å². The van der Waals surface area contributed by atoms with E-state index in [1.165, 1.54) is 36.4 Å². The van der Waals surface area contributed by atoms with Gasteiger partial charge in [-0.15, -0.1) is 0 Å². The molecule has 0 saturated heterocycles. The summed E-state index contributed by atoms with van der Waals surface area (Å²) >= 11 is 11.4. The Morgan fingerprint density at radius 1 is 0.947 bits per heavy atom. The molecular weight excluding hydrogens is 568 g/mol. The van der Waals surface area contributed by atoms with Crippen molar-refractivity contribution < 1.29 is 45.2 Å². The molecule has 1 heterocycles. The van der Waals surface area contributed by atoms with Crippen LogP contribution < -0.4 is 10.8 Å². The van der Waals surface area contributed by atoms with E-state index in [1.807, 2.05) is 5.32 Å². The van der Waals surface area contributed by atoms with E-state index in [9.17, 15) is 40.3 Å². The van der Waals surface area contributed by atoms with Crippen LogP contribution in [0.5, 0.6) is 0 Å². The molecule has 1 amide bonds. The molecule has 3 aromatic carbocycles. The number of ketones is 1. The molecule has 1 aliphatic heterocycles. The number of hydrogen-bond donors (Lipinski definition) is 2. The summed E-state index contributed by atoms with van der Waals surface area (Å²) in [6.45, 7) is -1.30. The number of alkyl halides is 6. The number of amides is 1. The van der Waals surface area contributed by atoms with Crippen LogP contribution in [0.3, 0.4) is 0 Å². The predicted octanol–water partition coefficient (Wildman–Crippen LogP) is 6.48. The third-order valence-corrected chi connectivity index (χ3v) is 6.24. The normalized spacial score (nSPS) is 17.8. The van der Waals surface area contributed by atoms with Crippen LogP contribution in [-0.4, -0.2) is 30.6 Å². The maximum Gasteiger partial charge on any atom is 0.451 e. The maximum atomic E-state index is 14.3. The Labute approximate surface area is 219 Å². The molecule has 1 aliphatic rings. The van der Waals surface area contributed by atoms with Gasteiger partial charge in [-0.1, -0.05) is 53.5 Å². The van der Waals surface area contributed by atoms with E-state index in [0.717, 1.165) is 12.1 Å². The highest BCUT2D eigenvalue weighted by Crippen LogP contribution is 2.49. The SMILES string of the molecule is O=C(NCC(=O)C(F)(F)F)c1ccc(C2=CC(c3cc(Cl)c(F)c(Cl)c3)(C(F)(F)F)ON2)c2ccccc12. The fourth-order valence-corrected chi connectivity index (χ4v) is 4.32. The lowest BCUT2D eigenvalue weighted by Crippen LogP contribution is -2.42. The second kappa shape index (κ2) is 9.75. The smallest absolute Gasteiger partial charge is 0.345 e. The highest BCUT2D eigenvalue weighted by Gasteiger charge is 2.60. The first kappa shape index (κ1) is 27.7. The van der Waals surface area contributed by atoms with Crippen molar-refractivity contribution in [2.24, 2.45) is 0 Å². The number of carbonyl (C=O) groups is 2. The molecule has 2 N–H and O–H groups in total. The molecule has 0 bridgehead atoms. The molecular formula is C24H13Cl2F7N2O3. The first-order valence-electron chi connectivity index (χ1n) is 10.4. The van der Waals surface area contributed by atoms with Crippen LogP contribution in [-0.2, 0) is 15.2 Å².